The van der Waals surface area contributed by atoms with Crippen molar-refractivity contribution in [3.8, 4) is 5.75 Å². The number of nitrogens with one attached hydrogen (secondary N) is 1. The van der Waals surface area contributed by atoms with E-state index in [4.69, 9.17) is 9.84 Å². The summed E-state index contributed by atoms with van der Waals surface area (Å²) in [6, 6.07) is 5.90. The molecule has 1 saturated carbocycles. The number of rotatable bonds is 4. The Bertz CT molecular complexity index is 638. The molecule has 4 heteroatoms. The third kappa shape index (κ3) is 2.50. The van der Waals surface area contributed by atoms with Crippen molar-refractivity contribution < 1.29 is 14.6 Å². The Kier molecular flexibility index (Phi) is 3.38. The van der Waals surface area contributed by atoms with Gasteiger partial charge in [0.1, 0.15) is 5.75 Å². The number of hydrogen-bond donors (Lipinski definition) is 2. The Morgan fingerprint density at radius 1 is 1.40 bits per heavy atom. The van der Waals surface area contributed by atoms with Crippen LogP contribution in [-0.2, 0) is 11.2 Å². The van der Waals surface area contributed by atoms with Gasteiger partial charge in [-0.1, -0.05) is 0 Å². The highest BCUT2D eigenvalue weighted by molar-refractivity contribution is 5.89. The van der Waals surface area contributed by atoms with Crippen LogP contribution in [0.1, 0.15) is 36.9 Å². The molecule has 4 nitrogen and oxygen atoms in total. The smallest absolute Gasteiger partial charge is 0.307 e. The quantitative estimate of drug-likeness (QED) is 0.897. The van der Waals surface area contributed by atoms with Crippen LogP contribution < -0.4 is 4.74 Å². The summed E-state index contributed by atoms with van der Waals surface area (Å²) >= 11 is 0. The van der Waals surface area contributed by atoms with Gasteiger partial charge in [-0.15, -0.1) is 0 Å². The van der Waals surface area contributed by atoms with Crippen molar-refractivity contribution in [2.75, 3.05) is 0 Å². The molecular formula is C16H19NO3. The monoisotopic (exact) mass is 273 g/mol. The minimum atomic E-state index is -0.809. The molecule has 106 valence electrons. The van der Waals surface area contributed by atoms with Gasteiger partial charge in [0.15, 0.2) is 0 Å². The molecule has 1 heterocycles. The van der Waals surface area contributed by atoms with E-state index in [0.717, 1.165) is 40.8 Å². The second kappa shape index (κ2) is 5.19. The van der Waals surface area contributed by atoms with E-state index in [2.05, 4.69) is 4.98 Å². The summed E-state index contributed by atoms with van der Waals surface area (Å²) in [7, 11) is 0. The third-order valence-electron chi connectivity index (χ3n) is 4.02. The number of carboxylic acid groups (broad SMARTS) is 1. The van der Waals surface area contributed by atoms with Gasteiger partial charge in [0.2, 0.25) is 0 Å². The number of aromatic nitrogens is 1. The lowest BCUT2D eigenvalue weighted by Crippen LogP contribution is -2.10. The molecule has 1 aliphatic carbocycles. The summed E-state index contributed by atoms with van der Waals surface area (Å²) in [4.78, 5) is 14.2. The van der Waals surface area contributed by atoms with Crippen molar-refractivity contribution in [1.29, 1.82) is 0 Å². The molecule has 1 aliphatic rings. The Morgan fingerprint density at radius 2 is 2.15 bits per heavy atom. The van der Waals surface area contributed by atoms with E-state index in [1.165, 1.54) is 12.8 Å². The van der Waals surface area contributed by atoms with Gasteiger partial charge < -0.3 is 14.8 Å². The summed E-state index contributed by atoms with van der Waals surface area (Å²) < 4.78 is 5.99. The van der Waals surface area contributed by atoms with Crippen LogP contribution in [0, 0.1) is 6.92 Å². The molecule has 0 bridgehead atoms. The molecule has 0 spiro atoms. The molecule has 0 saturated heterocycles. The van der Waals surface area contributed by atoms with Gasteiger partial charge in [0.05, 0.1) is 12.5 Å². The summed E-state index contributed by atoms with van der Waals surface area (Å²) in [5.41, 5.74) is 2.74. The van der Waals surface area contributed by atoms with Gasteiger partial charge in [-0.25, -0.2) is 0 Å². The predicted molar refractivity (Wildman–Crippen MR) is 77.3 cm³/mol. The van der Waals surface area contributed by atoms with Crippen molar-refractivity contribution in [3.63, 3.8) is 0 Å². The fourth-order valence-electron chi connectivity index (χ4n) is 3.01. The molecule has 0 aliphatic heterocycles. The molecule has 0 unspecified atom stereocenters. The van der Waals surface area contributed by atoms with Crippen molar-refractivity contribution in [3.05, 3.63) is 29.5 Å². The van der Waals surface area contributed by atoms with Crippen molar-refractivity contribution in [2.24, 2.45) is 0 Å². The molecule has 2 aromatic rings. The lowest BCUT2D eigenvalue weighted by atomic mass is 10.1. The third-order valence-corrected chi connectivity index (χ3v) is 4.02. The molecule has 2 N–H and O–H groups in total. The highest BCUT2D eigenvalue weighted by atomic mass is 16.5. The molecule has 20 heavy (non-hydrogen) atoms. The van der Waals surface area contributed by atoms with Crippen LogP contribution in [-0.4, -0.2) is 22.2 Å². The second-order valence-electron chi connectivity index (χ2n) is 5.53. The zero-order valence-electron chi connectivity index (χ0n) is 11.6. The first-order valence-electron chi connectivity index (χ1n) is 7.13. The van der Waals surface area contributed by atoms with E-state index in [9.17, 15) is 4.79 Å². The van der Waals surface area contributed by atoms with E-state index in [0.29, 0.717) is 6.10 Å². The maximum atomic E-state index is 11.0. The summed E-state index contributed by atoms with van der Waals surface area (Å²) in [6.07, 6.45) is 5.06. The van der Waals surface area contributed by atoms with Crippen LogP contribution in [0.4, 0.5) is 0 Å². The average Bonchev–Trinajstić information content (AvgIpc) is 2.99. The summed E-state index contributed by atoms with van der Waals surface area (Å²) in [6.45, 7) is 1.91. The first-order chi connectivity index (χ1) is 9.63. The predicted octanol–water partition coefficient (Wildman–Crippen LogP) is 3.42. The Hall–Kier alpha value is -1.97. The Labute approximate surface area is 117 Å². The molecular weight excluding hydrogens is 254 g/mol. The maximum Gasteiger partial charge on any atom is 0.307 e. The van der Waals surface area contributed by atoms with Crippen LogP contribution in [0.2, 0.25) is 0 Å². The molecule has 0 atom stereocenters. The van der Waals surface area contributed by atoms with Crippen molar-refractivity contribution in [1.82, 2.24) is 4.98 Å². The van der Waals surface area contributed by atoms with E-state index in [1.807, 2.05) is 25.1 Å². The van der Waals surface area contributed by atoms with E-state index in [-0.39, 0.29) is 6.42 Å². The zero-order chi connectivity index (χ0) is 14.1. The van der Waals surface area contributed by atoms with Crippen molar-refractivity contribution >= 4 is 16.9 Å². The van der Waals surface area contributed by atoms with Gasteiger partial charge in [0, 0.05) is 16.6 Å². The number of carbonyl (C=O) groups is 1. The minimum absolute atomic E-state index is 0.0404. The lowest BCUT2D eigenvalue weighted by Gasteiger charge is -2.13. The fraction of sp³-hybridized carbons (Fsp3) is 0.438. The number of benzene rings is 1. The number of ether oxygens (including phenoxy) is 1. The van der Waals surface area contributed by atoms with Gasteiger partial charge in [0.25, 0.3) is 0 Å². The van der Waals surface area contributed by atoms with Crippen LogP contribution >= 0.6 is 0 Å². The number of aromatic amines is 1. The average molecular weight is 273 g/mol. The van der Waals surface area contributed by atoms with Gasteiger partial charge in [-0.3, -0.25) is 4.79 Å². The number of carboxylic acids is 1. The second-order valence-corrected chi connectivity index (χ2v) is 5.53. The maximum absolute atomic E-state index is 11.0. The van der Waals surface area contributed by atoms with Crippen LogP contribution in [0.25, 0.3) is 10.9 Å². The Morgan fingerprint density at radius 3 is 2.85 bits per heavy atom. The standard InChI is InChI=1S/C16H19NO3/c1-10-13(9-16(18)19)14-8-12(6-7-15(14)17-10)20-11-4-2-3-5-11/h6-8,11,17H,2-5,9H2,1H3,(H,18,19). The van der Waals surface area contributed by atoms with E-state index < -0.39 is 5.97 Å². The lowest BCUT2D eigenvalue weighted by molar-refractivity contribution is -0.136. The molecule has 0 radical (unpaired) electrons. The first-order valence-corrected chi connectivity index (χ1v) is 7.13. The van der Waals surface area contributed by atoms with Crippen LogP contribution in [0.5, 0.6) is 5.75 Å². The number of hydrogen-bond acceptors (Lipinski definition) is 2. The van der Waals surface area contributed by atoms with Gasteiger partial charge >= 0.3 is 5.97 Å². The normalized spacial score (nSPS) is 15.8. The van der Waals surface area contributed by atoms with Crippen LogP contribution in [0.3, 0.4) is 0 Å². The van der Waals surface area contributed by atoms with Gasteiger partial charge in [-0.05, 0) is 56.4 Å². The van der Waals surface area contributed by atoms with Gasteiger partial charge in [-0.2, -0.15) is 0 Å². The first kappa shape index (κ1) is 13.0. The highest BCUT2D eigenvalue weighted by Gasteiger charge is 2.17. The fourth-order valence-corrected chi connectivity index (χ4v) is 3.01. The minimum Gasteiger partial charge on any atom is -0.490 e. The molecule has 1 fully saturated rings. The number of fused-ring (bicyclic) bond motifs is 1. The summed E-state index contributed by atoms with van der Waals surface area (Å²) in [5, 5.41) is 9.98. The number of H-pyrrole nitrogens is 1. The largest absolute Gasteiger partial charge is 0.490 e. The van der Waals surface area contributed by atoms with E-state index >= 15 is 0 Å². The molecule has 0 amide bonds. The highest BCUT2D eigenvalue weighted by Crippen LogP contribution is 2.29. The van der Waals surface area contributed by atoms with Crippen LogP contribution in [0.15, 0.2) is 18.2 Å². The SMILES string of the molecule is Cc1[nH]c2ccc(OC3CCCC3)cc2c1CC(=O)O. The summed E-state index contributed by atoms with van der Waals surface area (Å²) in [5.74, 6) is 0.0335. The van der Waals surface area contributed by atoms with Crippen molar-refractivity contribution in [2.45, 2.75) is 45.1 Å². The number of aliphatic carboxylic acids is 1. The molecule has 1 aromatic carbocycles. The molecule has 3 rings (SSSR count). The number of aryl methyl sites for hydroxylation is 1. The topological polar surface area (TPSA) is 62.3 Å². The molecule has 1 aromatic heterocycles. The zero-order valence-corrected chi connectivity index (χ0v) is 11.6. The van der Waals surface area contributed by atoms with E-state index in [1.54, 1.807) is 0 Å². The Balaban J connectivity index is 1.93.